The van der Waals surface area contributed by atoms with Crippen LogP contribution in [0.25, 0.3) is 11.0 Å². The van der Waals surface area contributed by atoms with E-state index in [9.17, 15) is 19.7 Å². The molecule has 0 atom stereocenters. The Hall–Kier alpha value is -4.66. The van der Waals surface area contributed by atoms with Crippen LogP contribution in [0.1, 0.15) is 16.1 Å². The van der Waals surface area contributed by atoms with Crippen molar-refractivity contribution in [3.05, 3.63) is 100 Å². The molecule has 1 aromatic heterocycles. The maximum Gasteiger partial charge on any atom is 0.291 e. The molecule has 1 aliphatic rings. The number of nitrogens with one attached hydrogen (secondary N) is 1. The van der Waals surface area contributed by atoms with E-state index in [2.05, 4.69) is 10.2 Å². The number of non-ortho nitro benzene ring substituents is 1. The van der Waals surface area contributed by atoms with Crippen molar-refractivity contribution in [2.75, 3.05) is 36.4 Å². The van der Waals surface area contributed by atoms with Gasteiger partial charge in [-0.2, -0.15) is 0 Å². The van der Waals surface area contributed by atoms with Crippen molar-refractivity contribution in [3.63, 3.8) is 0 Å². The van der Waals surface area contributed by atoms with Crippen molar-refractivity contribution in [2.45, 2.75) is 6.42 Å². The lowest BCUT2D eigenvalue weighted by Gasteiger charge is -2.36. The van der Waals surface area contributed by atoms with E-state index in [1.54, 1.807) is 30.3 Å². The number of carbonyl (C=O) groups is 2. The zero-order chi connectivity index (χ0) is 25.1. The summed E-state index contributed by atoms with van der Waals surface area (Å²) in [5.41, 5.74) is 3.11. The van der Waals surface area contributed by atoms with E-state index < -0.39 is 4.92 Å². The number of benzene rings is 3. The number of rotatable bonds is 6. The minimum atomic E-state index is -0.415. The summed E-state index contributed by atoms with van der Waals surface area (Å²) in [5.74, 6) is -0.0540. The first kappa shape index (κ1) is 23.1. The van der Waals surface area contributed by atoms with Gasteiger partial charge in [-0.15, -0.1) is 0 Å². The molecule has 1 aliphatic heterocycles. The Bertz CT molecular complexity index is 1370. The fraction of sp³-hybridized carbons (Fsp3) is 0.185. The van der Waals surface area contributed by atoms with E-state index >= 15 is 0 Å². The Kier molecular flexibility index (Phi) is 6.36. The molecule has 0 bridgehead atoms. The summed E-state index contributed by atoms with van der Waals surface area (Å²) in [5, 5.41) is 14.5. The Morgan fingerprint density at radius 2 is 1.61 bits per heavy atom. The maximum absolute atomic E-state index is 12.8. The number of para-hydroxylation sites is 1. The van der Waals surface area contributed by atoms with Gasteiger partial charge in [-0.05, 0) is 42.0 Å². The van der Waals surface area contributed by atoms with Crippen LogP contribution < -0.4 is 10.2 Å². The molecule has 0 radical (unpaired) electrons. The Morgan fingerprint density at radius 1 is 0.917 bits per heavy atom. The van der Waals surface area contributed by atoms with Crippen LogP contribution in [0.4, 0.5) is 17.1 Å². The molecule has 0 aliphatic carbocycles. The third-order valence-electron chi connectivity index (χ3n) is 6.27. The molecule has 0 saturated carbocycles. The molecule has 2 heterocycles. The van der Waals surface area contributed by atoms with Crippen LogP contribution in [0.5, 0.6) is 0 Å². The maximum atomic E-state index is 12.8. The molecule has 5 rings (SSSR count). The summed E-state index contributed by atoms with van der Waals surface area (Å²) in [6.07, 6.45) is 0.273. The first-order chi connectivity index (χ1) is 17.5. The van der Waals surface area contributed by atoms with Crippen LogP contribution in [0, 0.1) is 10.1 Å². The van der Waals surface area contributed by atoms with Gasteiger partial charge in [-0.1, -0.05) is 30.3 Å². The van der Waals surface area contributed by atoms with Gasteiger partial charge in [0.05, 0.1) is 11.3 Å². The average molecular weight is 485 g/mol. The minimum Gasteiger partial charge on any atom is -0.451 e. The van der Waals surface area contributed by atoms with Gasteiger partial charge in [0, 0.05) is 55.1 Å². The van der Waals surface area contributed by atoms with Crippen molar-refractivity contribution in [2.24, 2.45) is 0 Å². The number of nitro benzene ring substituents is 1. The van der Waals surface area contributed by atoms with Gasteiger partial charge in [0.2, 0.25) is 5.91 Å². The van der Waals surface area contributed by atoms with Gasteiger partial charge < -0.3 is 19.5 Å². The van der Waals surface area contributed by atoms with Gasteiger partial charge in [0.25, 0.3) is 11.6 Å². The van der Waals surface area contributed by atoms with Gasteiger partial charge in [0.1, 0.15) is 5.58 Å². The fourth-order valence-corrected chi connectivity index (χ4v) is 4.28. The quantitative estimate of drug-likeness (QED) is 0.319. The van der Waals surface area contributed by atoms with Gasteiger partial charge >= 0.3 is 0 Å². The van der Waals surface area contributed by atoms with E-state index in [-0.39, 0.29) is 29.7 Å². The Balaban J connectivity index is 1.13. The number of fused-ring (bicyclic) bond motifs is 1. The van der Waals surface area contributed by atoms with Crippen LogP contribution >= 0.6 is 0 Å². The monoisotopic (exact) mass is 484 g/mol. The number of nitrogens with zero attached hydrogens (tertiary/aromatic N) is 3. The molecule has 182 valence electrons. The predicted octanol–water partition coefficient (Wildman–Crippen LogP) is 4.48. The number of anilines is 2. The normalized spacial score (nSPS) is 13.6. The molecule has 1 fully saturated rings. The van der Waals surface area contributed by atoms with Crippen molar-refractivity contribution in [3.8, 4) is 0 Å². The third-order valence-corrected chi connectivity index (χ3v) is 6.27. The summed E-state index contributed by atoms with van der Waals surface area (Å²) in [6.45, 7) is 2.50. The van der Waals surface area contributed by atoms with Crippen LogP contribution in [0.2, 0.25) is 0 Å². The van der Waals surface area contributed by atoms with Gasteiger partial charge in [-0.25, -0.2) is 0 Å². The summed E-state index contributed by atoms with van der Waals surface area (Å²) >= 11 is 0. The highest BCUT2D eigenvalue weighted by Gasteiger charge is 2.22. The summed E-state index contributed by atoms with van der Waals surface area (Å²) in [7, 11) is 0. The lowest BCUT2D eigenvalue weighted by molar-refractivity contribution is -0.384. The largest absolute Gasteiger partial charge is 0.451 e. The molecule has 1 saturated heterocycles. The van der Waals surface area contributed by atoms with Gasteiger partial charge in [0.15, 0.2) is 5.76 Å². The highest BCUT2D eigenvalue weighted by Crippen LogP contribution is 2.22. The van der Waals surface area contributed by atoms with Crippen molar-refractivity contribution >= 4 is 39.8 Å². The van der Waals surface area contributed by atoms with E-state index in [1.165, 1.54) is 12.1 Å². The lowest BCUT2D eigenvalue weighted by Crippen LogP contribution is -2.49. The van der Waals surface area contributed by atoms with Crippen molar-refractivity contribution < 1.29 is 18.9 Å². The van der Waals surface area contributed by atoms with E-state index in [1.807, 2.05) is 41.3 Å². The number of piperazine rings is 1. The van der Waals surface area contributed by atoms with Crippen LogP contribution in [-0.4, -0.2) is 47.8 Å². The average Bonchev–Trinajstić information content (AvgIpc) is 3.35. The van der Waals surface area contributed by atoms with Crippen LogP contribution in [0.15, 0.2) is 83.3 Å². The molecule has 0 unspecified atom stereocenters. The first-order valence-electron chi connectivity index (χ1n) is 11.6. The molecule has 9 heteroatoms. The van der Waals surface area contributed by atoms with Crippen molar-refractivity contribution in [1.29, 1.82) is 0 Å². The zero-order valence-corrected chi connectivity index (χ0v) is 19.4. The molecule has 9 nitrogen and oxygen atoms in total. The SMILES string of the molecule is O=C(Nc1ccc(CC(=O)N2CCN(c3ccc([N+](=O)[O-])cc3)CC2)cc1)c1cc2ccccc2o1. The summed E-state index contributed by atoms with van der Waals surface area (Å²) < 4.78 is 5.60. The molecular weight excluding hydrogens is 460 g/mol. The fourth-order valence-electron chi connectivity index (χ4n) is 4.28. The second-order valence-corrected chi connectivity index (χ2v) is 8.62. The van der Waals surface area contributed by atoms with E-state index in [4.69, 9.17) is 4.42 Å². The summed E-state index contributed by atoms with van der Waals surface area (Å²) in [6, 6.07) is 22.8. The predicted molar refractivity (Wildman–Crippen MR) is 136 cm³/mol. The van der Waals surface area contributed by atoms with E-state index in [0.29, 0.717) is 37.4 Å². The Morgan fingerprint density at radius 3 is 2.28 bits per heavy atom. The highest BCUT2D eigenvalue weighted by molar-refractivity contribution is 6.04. The molecule has 1 N–H and O–H groups in total. The number of hydrogen-bond donors (Lipinski definition) is 1. The molecular formula is C27H24N4O5. The second-order valence-electron chi connectivity index (χ2n) is 8.62. The molecule has 4 aromatic rings. The molecule has 0 spiro atoms. The molecule has 36 heavy (non-hydrogen) atoms. The number of hydrogen-bond acceptors (Lipinski definition) is 6. The topological polar surface area (TPSA) is 109 Å². The number of carbonyl (C=O) groups excluding carboxylic acids is 2. The summed E-state index contributed by atoms with van der Waals surface area (Å²) in [4.78, 5) is 39.7. The van der Waals surface area contributed by atoms with Crippen molar-refractivity contribution in [1.82, 2.24) is 4.90 Å². The minimum absolute atomic E-state index is 0.0393. The highest BCUT2D eigenvalue weighted by atomic mass is 16.6. The van der Waals surface area contributed by atoms with Crippen LogP contribution in [0.3, 0.4) is 0 Å². The number of furan rings is 1. The van der Waals surface area contributed by atoms with Crippen LogP contribution in [-0.2, 0) is 11.2 Å². The second kappa shape index (κ2) is 9.91. The van der Waals surface area contributed by atoms with Gasteiger partial charge in [-0.3, -0.25) is 19.7 Å². The Labute approximate surface area is 207 Å². The zero-order valence-electron chi connectivity index (χ0n) is 19.4. The molecule has 2 amide bonds. The van der Waals surface area contributed by atoms with E-state index in [0.717, 1.165) is 16.6 Å². The lowest BCUT2D eigenvalue weighted by atomic mass is 10.1. The number of amides is 2. The first-order valence-corrected chi connectivity index (χ1v) is 11.6. The standard InChI is InChI=1S/C27H24N4O5/c32-26(30-15-13-29(14-16-30)22-9-11-23(12-10-22)31(34)35)17-19-5-7-21(8-6-19)28-27(33)25-18-20-3-1-2-4-24(20)36-25/h1-12,18H,13-17H2,(H,28,33). The third kappa shape index (κ3) is 5.05. The smallest absolute Gasteiger partial charge is 0.291 e. The number of nitro groups is 1. The molecule has 3 aromatic carbocycles.